The van der Waals surface area contributed by atoms with Gasteiger partial charge in [0.05, 0.1) is 20.2 Å². The van der Waals surface area contributed by atoms with Crippen LogP contribution in [0.25, 0.3) is 0 Å². The summed E-state index contributed by atoms with van der Waals surface area (Å²) in [7, 11) is 0. The van der Waals surface area contributed by atoms with Gasteiger partial charge in [-0.15, -0.1) is 0 Å². The zero-order chi connectivity index (χ0) is 15.7. The lowest BCUT2D eigenvalue weighted by molar-refractivity contribution is 0.102. The highest BCUT2D eigenvalue weighted by Crippen LogP contribution is 2.30. The summed E-state index contributed by atoms with van der Waals surface area (Å²) in [6, 6.07) is 5.66. The largest absolute Gasteiger partial charge is 0.397 e. The van der Waals surface area contributed by atoms with E-state index in [0.717, 1.165) is 0 Å². The zero-order valence-corrected chi connectivity index (χ0v) is 13.9. The molecule has 0 aliphatic rings. The van der Waals surface area contributed by atoms with E-state index in [4.69, 9.17) is 28.9 Å². The molecular formula is C14H10BrCl2FN2O. The molecule has 0 aromatic heterocycles. The van der Waals surface area contributed by atoms with Gasteiger partial charge >= 0.3 is 0 Å². The first-order chi connectivity index (χ1) is 9.79. The van der Waals surface area contributed by atoms with Crippen LogP contribution in [0.3, 0.4) is 0 Å². The zero-order valence-electron chi connectivity index (χ0n) is 10.8. The Hall–Kier alpha value is -1.30. The van der Waals surface area contributed by atoms with Crippen LogP contribution in [-0.2, 0) is 0 Å². The van der Waals surface area contributed by atoms with E-state index in [2.05, 4.69) is 21.2 Å². The Morgan fingerprint density at radius 2 is 1.95 bits per heavy atom. The summed E-state index contributed by atoms with van der Waals surface area (Å²) < 4.78 is 13.6. The number of hydrogen-bond acceptors (Lipinski definition) is 2. The summed E-state index contributed by atoms with van der Waals surface area (Å²) >= 11 is 14.8. The Morgan fingerprint density at radius 3 is 2.57 bits per heavy atom. The summed E-state index contributed by atoms with van der Waals surface area (Å²) in [5.74, 6) is -0.814. The number of carbonyl (C=O) groups is 1. The number of nitrogens with one attached hydrogen (secondary N) is 1. The quantitative estimate of drug-likeness (QED) is 0.704. The second-order valence-corrected chi connectivity index (χ2v) is 6.04. The van der Waals surface area contributed by atoms with Crippen LogP contribution in [0, 0.1) is 12.7 Å². The Kier molecular flexibility index (Phi) is 4.76. The third-order valence-electron chi connectivity index (χ3n) is 2.83. The van der Waals surface area contributed by atoms with Gasteiger partial charge in [0.1, 0.15) is 5.82 Å². The molecule has 0 aliphatic carbocycles. The maximum absolute atomic E-state index is 13.4. The fourth-order valence-corrected chi connectivity index (χ4v) is 2.40. The second-order valence-electron chi connectivity index (χ2n) is 4.40. The van der Waals surface area contributed by atoms with Gasteiger partial charge in [0.25, 0.3) is 5.91 Å². The average Bonchev–Trinajstić information content (AvgIpc) is 2.41. The van der Waals surface area contributed by atoms with Crippen LogP contribution in [0.2, 0.25) is 10.0 Å². The molecule has 7 heteroatoms. The molecule has 0 atom stereocenters. The first-order valence-electron chi connectivity index (χ1n) is 5.81. The maximum atomic E-state index is 13.4. The monoisotopic (exact) mass is 390 g/mol. The molecule has 0 radical (unpaired) electrons. The van der Waals surface area contributed by atoms with Crippen molar-refractivity contribution in [3.63, 3.8) is 0 Å². The van der Waals surface area contributed by atoms with Crippen molar-refractivity contribution in [2.45, 2.75) is 6.92 Å². The van der Waals surface area contributed by atoms with Gasteiger partial charge < -0.3 is 11.1 Å². The van der Waals surface area contributed by atoms with E-state index < -0.39 is 11.7 Å². The summed E-state index contributed by atoms with van der Waals surface area (Å²) in [4.78, 5) is 12.2. The highest BCUT2D eigenvalue weighted by atomic mass is 79.9. The van der Waals surface area contributed by atoms with Crippen molar-refractivity contribution in [2.24, 2.45) is 0 Å². The number of hydrogen-bond donors (Lipinski definition) is 2. The SMILES string of the molecule is Cc1cc(F)c(Br)cc1NC(=O)c1cc(N)c(Cl)c(Cl)c1. The van der Waals surface area contributed by atoms with Crippen molar-refractivity contribution in [1.82, 2.24) is 0 Å². The molecule has 2 aromatic rings. The van der Waals surface area contributed by atoms with E-state index in [9.17, 15) is 9.18 Å². The van der Waals surface area contributed by atoms with Gasteiger partial charge in [-0.2, -0.15) is 0 Å². The Balaban J connectivity index is 2.32. The summed E-state index contributed by atoms with van der Waals surface area (Å²) in [6.07, 6.45) is 0. The van der Waals surface area contributed by atoms with E-state index in [1.54, 1.807) is 6.92 Å². The van der Waals surface area contributed by atoms with Crippen LogP contribution in [0.15, 0.2) is 28.7 Å². The van der Waals surface area contributed by atoms with Crippen LogP contribution >= 0.6 is 39.1 Å². The van der Waals surface area contributed by atoms with Gasteiger partial charge in [0.15, 0.2) is 0 Å². The van der Waals surface area contributed by atoms with Crippen LogP contribution in [0.5, 0.6) is 0 Å². The predicted molar refractivity (Wildman–Crippen MR) is 87.7 cm³/mol. The number of benzene rings is 2. The normalized spacial score (nSPS) is 10.5. The average molecular weight is 392 g/mol. The number of anilines is 2. The van der Waals surface area contributed by atoms with Crippen LogP contribution < -0.4 is 11.1 Å². The number of rotatable bonds is 2. The molecule has 3 N–H and O–H groups in total. The molecule has 3 nitrogen and oxygen atoms in total. The minimum absolute atomic E-state index is 0.193. The molecule has 1 amide bonds. The van der Waals surface area contributed by atoms with Crippen molar-refractivity contribution in [1.29, 1.82) is 0 Å². The molecule has 0 spiro atoms. The standard InChI is InChI=1S/C14H10BrCl2FN2O/c1-6-2-10(18)8(15)5-12(6)20-14(21)7-3-9(16)13(17)11(19)4-7/h2-5H,19H2,1H3,(H,20,21). The Labute approximate surface area is 139 Å². The Morgan fingerprint density at radius 1 is 1.29 bits per heavy atom. The van der Waals surface area contributed by atoms with Crippen molar-refractivity contribution in [3.8, 4) is 0 Å². The minimum atomic E-state index is -0.415. The second kappa shape index (κ2) is 6.22. The molecule has 2 rings (SSSR count). The van der Waals surface area contributed by atoms with Gasteiger partial charge in [-0.1, -0.05) is 23.2 Å². The molecule has 0 heterocycles. The third kappa shape index (κ3) is 3.48. The van der Waals surface area contributed by atoms with E-state index in [1.807, 2.05) is 0 Å². The third-order valence-corrected chi connectivity index (χ3v) is 4.26. The van der Waals surface area contributed by atoms with Gasteiger partial charge in [-0.3, -0.25) is 4.79 Å². The molecule has 0 saturated heterocycles. The van der Waals surface area contributed by atoms with Crippen LogP contribution in [0.1, 0.15) is 15.9 Å². The number of nitrogen functional groups attached to an aromatic ring is 1. The maximum Gasteiger partial charge on any atom is 0.255 e. The molecule has 0 saturated carbocycles. The molecule has 0 unspecified atom stereocenters. The number of amides is 1. The molecule has 0 aliphatic heterocycles. The fourth-order valence-electron chi connectivity index (χ4n) is 1.72. The summed E-state index contributed by atoms with van der Waals surface area (Å²) in [5, 5.41) is 3.07. The van der Waals surface area contributed by atoms with E-state index >= 15 is 0 Å². The minimum Gasteiger partial charge on any atom is -0.397 e. The van der Waals surface area contributed by atoms with E-state index in [0.29, 0.717) is 11.3 Å². The molecule has 2 aromatic carbocycles. The molecule has 110 valence electrons. The molecule has 21 heavy (non-hydrogen) atoms. The predicted octanol–water partition coefficient (Wildman–Crippen LogP) is 5.04. The first kappa shape index (κ1) is 16.1. The van der Waals surface area contributed by atoms with E-state index in [-0.39, 0.29) is 25.8 Å². The van der Waals surface area contributed by atoms with Gasteiger partial charge in [-0.05, 0) is 52.7 Å². The smallest absolute Gasteiger partial charge is 0.255 e. The first-order valence-corrected chi connectivity index (χ1v) is 7.36. The highest BCUT2D eigenvalue weighted by Gasteiger charge is 2.13. The number of nitrogens with two attached hydrogens (primary N) is 1. The lowest BCUT2D eigenvalue weighted by atomic mass is 10.1. The molecular weight excluding hydrogens is 382 g/mol. The topological polar surface area (TPSA) is 55.1 Å². The highest BCUT2D eigenvalue weighted by molar-refractivity contribution is 9.10. The van der Waals surface area contributed by atoms with Crippen LogP contribution in [-0.4, -0.2) is 5.91 Å². The van der Waals surface area contributed by atoms with Crippen molar-refractivity contribution < 1.29 is 9.18 Å². The molecule has 0 fully saturated rings. The number of carbonyl (C=O) groups excluding carboxylic acids is 1. The fraction of sp³-hybridized carbons (Fsp3) is 0.0714. The Bertz CT molecular complexity index is 714. The number of aryl methyl sites for hydroxylation is 1. The summed E-state index contributed by atoms with van der Waals surface area (Å²) in [5.41, 5.74) is 7.23. The van der Waals surface area contributed by atoms with Gasteiger partial charge in [0, 0.05) is 11.3 Å². The van der Waals surface area contributed by atoms with Crippen molar-refractivity contribution >= 4 is 56.4 Å². The van der Waals surface area contributed by atoms with E-state index in [1.165, 1.54) is 24.3 Å². The van der Waals surface area contributed by atoms with Crippen LogP contribution in [0.4, 0.5) is 15.8 Å². The number of halogens is 4. The summed E-state index contributed by atoms with van der Waals surface area (Å²) in [6.45, 7) is 1.69. The van der Waals surface area contributed by atoms with Gasteiger partial charge in [-0.25, -0.2) is 4.39 Å². The van der Waals surface area contributed by atoms with Gasteiger partial charge in [0.2, 0.25) is 0 Å². The lowest BCUT2D eigenvalue weighted by Crippen LogP contribution is -2.13. The van der Waals surface area contributed by atoms with Crippen molar-refractivity contribution in [2.75, 3.05) is 11.1 Å². The van der Waals surface area contributed by atoms with Crippen molar-refractivity contribution in [3.05, 3.63) is 55.7 Å². The lowest BCUT2D eigenvalue weighted by Gasteiger charge is -2.11. The molecule has 0 bridgehead atoms.